The van der Waals surface area contributed by atoms with Crippen LogP contribution < -0.4 is 10.1 Å². The number of amides is 1. The average Bonchev–Trinajstić information content (AvgIpc) is 2.62. The van der Waals surface area contributed by atoms with Gasteiger partial charge in [-0.25, -0.2) is 4.79 Å². The Morgan fingerprint density at radius 1 is 1.15 bits per heavy atom. The number of benzene rings is 1. The van der Waals surface area contributed by atoms with E-state index in [0.717, 1.165) is 19.3 Å². The second kappa shape index (κ2) is 9.36. The van der Waals surface area contributed by atoms with E-state index in [2.05, 4.69) is 12.2 Å². The van der Waals surface area contributed by atoms with Gasteiger partial charge >= 0.3 is 5.97 Å². The van der Waals surface area contributed by atoms with Gasteiger partial charge in [-0.05, 0) is 56.9 Å². The molecule has 3 atom stereocenters. The van der Waals surface area contributed by atoms with E-state index < -0.39 is 12.1 Å². The summed E-state index contributed by atoms with van der Waals surface area (Å²) in [6.07, 6.45) is 3.52. The summed E-state index contributed by atoms with van der Waals surface area (Å²) in [5.74, 6) is -0.0250. The molecule has 6 nitrogen and oxygen atoms in total. The van der Waals surface area contributed by atoms with Gasteiger partial charge in [0, 0.05) is 11.6 Å². The molecule has 1 fully saturated rings. The molecule has 1 saturated carbocycles. The topological polar surface area (TPSA) is 81.7 Å². The first kappa shape index (κ1) is 19.9. The second-order valence-corrected chi connectivity index (χ2v) is 6.88. The zero-order chi connectivity index (χ0) is 19.1. The third kappa shape index (κ3) is 5.86. The predicted octanol–water partition coefficient (Wildman–Crippen LogP) is 2.89. The number of Topliss-reactive ketones (excluding diaryl/α,β-unsaturated/α-hetero) is 1. The highest BCUT2D eigenvalue weighted by Gasteiger charge is 2.26. The van der Waals surface area contributed by atoms with Gasteiger partial charge in [-0.2, -0.15) is 0 Å². The van der Waals surface area contributed by atoms with Gasteiger partial charge in [0.05, 0.1) is 0 Å². The first-order valence-corrected chi connectivity index (χ1v) is 9.10. The van der Waals surface area contributed by atoms with Crippen molar-refractivity contribution in [1.29, 1.82) is 0 Å². The van der Waals surface area contributed by atoms with Crippen molar-refractivity contribution in [3.63, 3.8) is 0 Å². The molecule has 0 aliphatic heterocycles. The summed E-state index contributed by atoms with van der Waals surface area (Å²) in [6, 6.07) is 6.64. The predicted molar refractivity (Wildman–Crippen MR) is 97.1 cm³/mol. The van der Waals surface area contributed by atoms with Crippen LogP contribution in [0.15, 0.2) is 24.3 Å². The molecule has 1 aromatic rings. The summed E-state index contributed by atoms with van der Waals surface area (Å²) < 4.78 is 10.5. The molecule has 6 heteroatoms. The molecule has 26 heavy (non-hydrogen) atoms. The Hall–Kier alpha value is -2.37. The van der Waals surface area contributed by atoms with Crippen molar-refractivity contribution in [3.8, 4) is 5.75 Å². The van der Waals surface area contributed by atoms with Gasteiger partial charge in [0.15, 0.2) is 18.5 Å². The molecule has 1 amide bonds. The largest absolute Gasteiger partial charge is 0.482 e. The smallest absolute Gasteiger partial charge is 0.344 e. The maximum Gasteiger partial charge on any atom is 0.344 e. The van der Waals surface area contributed by atoms with E-state index in [0.29, 0.717) is 17.2 Å². The lowest BCUT2D eigenvalue weighted by atomic mass is 9.86. The van der Waals surface area contributed by atoms with E-state index in [1.54, 1.807) is 31.2 Å². The van der Waals surface area contributed by atoms with Crippen LogP contribution in [-0.4, -0.2) is 36.4 Å². The summed E-state index contributed by atoms with van der Waals surface area (Å²) >= 11 is 0. The van der Waals surface area contributed by atoms with Gasteiger partial charge in [-0.3, -0.25) is 9.59 Å². The summed E-state index contributed by atoms with van der Waals surface area (Å²) in [4.78, 5) is 35.3. The first-order valence-electron chi connectivity index (χ1n) is 9.10. The van der Waals surface area contributed by atoms with Crippen LogP contribution in [0.1, 0.15) is 56.8 Å². The standard InChI is InChI=1S/C20H27NO5/c1-13-6-4-5-7-18(13)21-20(24)15(3)26-19(23)12-25-17-10-8-16(9-11-17)14(2)22/h8-11,13,15,18H,4-7,12H2,1-3H3,(H,21,24)/t13-,15-,18-/m1/s1. The minimum atomic E-state index is -0.861. The molecule has 1 aliphatic rings. The fraction of sp³-hybridized carbons (Fsp3) is 0.550. The monoisotopic (exact) mass is 361 g/mol. The molecule has 0 aromatic heterocycles. The minimum absolute atomic E-state index is 0.0388. The Labute approximate surface area is 154 Å². The maximum absolute atomic E-state index is 12.2. The molecule has 0 radical (unpaired) electrons. The number of carbonyl (C=O) groups excluding carboxylic acids is 3. The first-order chi connectivity index (χ1) is 12.4. The number of ketones is 1. The summed E-state index contributed by atoms with van der Waals surface area (Å²) in [6.45, 7) is 4.87. The molecule has 0 saturated heterocycles. The van der Waals surface area contributed by atoms with E-state index in [4.69, 9.17) is 9.47 Å². The quantitative estimate of drug-likeness (QED) is 0.596. The average molecular weight is 361 g/mol. The maximum atomic E-state index is 12.2. The lowest BCUT2D eigenvalue weighted by Gasteiger charge is -2.30. The Morgan fingerprint density at radius 2 is 1.81 bits per heavy atom. The van der Waals surface area contributed by atoms with Crippen molar-refractivity contribution in [3.05, 3.63) is 29.8 Å². The summed E-state index contributed by atoms with van der Waals surface area (Å²) in [5.41, 5.74) is 0.571. The molecular weight excluding hydrogens is 334 g/mol. The Balaban J connectivity index is 1.75. The van der Waals surface area contributed by atoms with Crippen molar-refractivity contribution in [2.24, 2.45) is 5.92 Å². The van der Waals surface area contributed by atoms with Crippen LogP contribution in [0, 0.1) is 5.92 Å². The fourth-order valence-corrected chi connectivity index (χ4v) is 3.04. The summed E-state index contributed by atoms with van der Waals surface area (Å²) in [5, 5.41) is 2.98. The SMILES string of the molecule is CC(=O)c1ccc(OCC(=O)O[C@H](C)C(=O)N[C@@H]2CCCC[C@H]2C)cc1. The Morgan fingerprint density at radius 3 is 2.42 bits per heavy atom. The van der Waals surface area contributed by atoms with Crippen LogP contribution >= 0.6 is 0 Å². The number of nitrogens with one attached hydrogen (secondary N) is 1. The molecule has 2 rings (SSSR count). The third-order valence-corrected chi connectivity index (χ3v) is 4.73. The van der Waals surface area contributed by atoms with Crippen molar-refractivity contribution in [1.82, 2.24) is 5.32 Å². The number of carbonyl (C=O) groups is 3. The molecule has 1 aromatic carbocycles. The highest BCUT2D eigenvalue weighted by Crippen LogP contribution is 2.23. The lowest BCUT2D eigenvalue weighted by molar-refractivity contribution is -0.157. The van der Waals surface area contributed by atoms with Gasteiger partial charge in [0.2, 0.25) is 0 Å². The molecule has 0 unspecified atom stereocenters. The molecule has 0 heterocycles. The van der Waals surface area contributed by atoms with Crippen molar-refractivity contribution >= 4 is 17.7 Å². The van der Waals surface area contributed by atoms with Gasteiger partial charge in [-0.15, -0.1) is 0 Å². The number of hydrogen-bond acceptors (Lipinski definition) is 5. The molecular formula is C20H27NO5. The van der Waals surface area contributed by atoms with E-state index in [9.17, 15) is 14.4 Å². The highest BCUT2D eigenvalue weighted by molar-refractivity contribution is 5.94. The van der Waals surface area contributed by atoms with E-state index >= 15 is 0 Å². The van der Waals surface area contributed by atoms with Crippen molar-refractivity contribution in [2.75, 3.05) is 6.61 Å². The molecule has 1 N–H and O–H groups in total. The molecule has 1 aliphatic carbocycles. The summed E-state index contributed by atoms with van der Waals surface area (Å²) in [7, 11) is 0. The van der Waals surface area contributed by atoms with Crippen molar-refractivity contribution < 1.29 is 23.9 Å². The Bertz CT molecular complexity index is 640. The minimum Gasteiger partial charge on any atom is -0.482 e. The van der Waals surface area contributed by atoms with Crippen LogP contribution in [0.5, 0.6) is 5.75 Å². The third-order valence-electron chi connectivity index (χ3n) is 4.73. The number of hydrogen-bond donors (Lipinski definition) is 1. The van der Waals surface area contributed by atoms with Crippen LogP contribution in [0.2, 0.25) is 0 Å². The molecule has 0 bridgehead atoms. The normalized spacial score (nSPS) is 20.7. The van der Waals surface area contributed by atoms with E-state index in [1.165, 1.54) is 13.3 Å². The van der Waals surface area contributed by atoms with Gasteiger partial charge in [0.25, 0.3) is 5.91 Å². The lowest BCUT2D eigenvalue weighted by Crippen LogP contribution is -2.46. The zero-order valence-electron chi connectivity index (χ0n) is 15.6. The second-order valence-electron chi connectivity index (χ2n) is 6.88. The van der Waals surface area contributed by atoms with E-state index in [1.807, 2.05) is 0 Å². The van der Waals surface area contributed by atoms with Crippen LogP contribution in [0.3, 0.4) is 0 Å². The van der Waals surface area contributed by atoms with Crippen LogP contribution in [-0.2, 0) is 14.3 Å². The number of esters is 1. The van der Waals surface area contributed by atoms with Gasteiger partial charge in [0.1, 0.15) is 5.75 Å². The Kier molecular flexibility index (Phi) is 7.18. The van der Waals surface area contributed by atoms with Gasteiger partial charge in [-0.1, -0.05) is 19.8 Å². The number of ether oxygens (including phenoxy) is 2. The van der Waals surface area contributed by atoms with Crippen molar-refractivity contribution in [2.45, 2.75) is 58.6 Å². The van der Waals surface area contributed by atoms with E-state index in [-0.39, 0.29) is 24.3 Å². The zero-order valence-corrected chi connectivity index (χ0v) is 15.6. The van der Waals surface area contributed by atoms with Crippen LogP contribution in [0.4, 0.5) is 0 Å². The van der Waals surface area contributed by atoms with Crippen LogP contribution in [0.25, 0.3) is 0 Å². The molecule has 0 spiro atoms. The van der Waals surface area contributed by atoms with Gasteiger partial charge < -0.3 is 14.8 Å². The molecule has 142 valence electrons. The highest BCUT2D eigenvalue weighted by atomic mass is 16.6. The number of rotatable bonds is 7. The fourth-order valence-electron chi connectivity index (χ4n) is 3.04.